The van der Waals surface area contributed by atoms with Crippen molar-refractivity contribution >= 4 is 41.0 Å². The maximum atomic E-state index is 12.9. The number of thioether (sulfide) groups is 2. The lowest BCUT2D eigenvalue weighted by atomic mass is 10.2. The van der Waals surface area contributed by atoms with Crippen LogP contribution in [0, 0.1) is 5.82 Å². The molecule has 0 atom stereocenters. The summed E-state index contributed by atoms with van der Waals surface area (Å²) in [5, 5.41) is 2.62. The summed E-state index contributed by atoms with van der Waals surface area (Å²) < 4.78 is 18.9. The van der Waals surface area contributed by atoms with Gasteiger partial charge in [-0.2, -0.15) is 0 Å². The molecule has 3 rings (SSSR count). The molecule has 0 radical (unpaired) electrons. The van der Waals surface area contributed by atoms with Crippen LogP contribution >= 0.6 is 23.5 Å². The van der Waals surface area contributed by atoms with Crippen LogP contribution in [0.2, 0.25) is 0 Å². The average molecular weight is 421 g/mol. The quantitative estimate of drug-likeness (QED) is 0.739. The Balaban J connectivity index is 1.43. The fraction of sp³-hybridized carbons (Fsp3) is 0.300. The Labute approximate surface area is 172 Å². The summed E-state index contributed by atoms with van der Waals surface area (Å²) in [7, 11) is 1.54. The van der Waals surface area contributed by atoms with E-state index in [1.165, 1.54) is 53.3 Å². The van der Waals surface area contributed by atoms with Crippen LogP contribution in [0.5, 0.6) is 5.75 Å². The maximum Gasteiger partial charge on any atom is 0.260 e. The predicted octanol–water partition coefficient (Wildman–Crippen LogP) is 3.78. The molecule has 1 N–H and O–H groups in total. The summed E-state index contributed by atoms with van der Waals surface area (Å²) in [6.07, 6.45) is 0. The number of carbonyl (C=O) groups excluding carboxylic acids is 2. The van der Waals surface area contributed by atoms with E-state index in [9.17, 15) is 14.0 Å². The third kappa shape index (κ3) is 5.90. The van der Waals surface area contributed by atoms with E-state index in [1.807, 2.05) is 47.8 Å². The molecule has 2 aromatic carbocycles. The van der Waals surface area contributed by atoms with Crippen LogP contribution in [0.25, 0.3) is 0 Å². The van der Waals surface area contributed by atoms with Crippen LogP contribution in [0.3, 0.4) is 0 Å². The number of halogens is 1. The number of carbonyl (C=O) groups is 2. The number of anilines is 1. The van der Waals surface area contributed by atoms with Crippen LogP contribution < -0.4 is 10.1 Å². The molecule has 2 aromatic rings. The van der Waals surface area contributed by atoms with Crippen molar-refractivity contribution in [3.8, 4) is 5.75 Å². The Morgan fingerprint density at radius 3 is 2.39 bits per heavy atom. The van der Waals surface area contributed by atoms with Gasteiger partial charge in [0.05, 0.1) is 11.1 Å². The van der Waals surface area contributed by atoms with E-state index in [4.69, 9.17) is 4.74 Å². The van der Waals surface area contributed by atoms with Gasteiger partial charge in [-0.05, 0) is 42.0 Å². The number of nitrogens with zero attached hydrogens (tertiary/aromatic N) is 1. The van der Waals surface area contributed by atoms with Crippen molar-refractivity contribution in [1.29, 1.82) is 0 Å². The van der Waals surface area contributed by atoms with Gasteiger partial charge in [0, 0.05) is 24.2 Å². The summed E-state index contributed by atoms with van der Waals surface area (Å²) in [5.41, 5.74) is 1.72. The summed E-state index contributed by atoms with van der Waals surface area (Å²) >= 11 is 3.87. The van der Waals surface area contributed by atoms with E-state index >= 15 is 0 Å². The number of rotatable bonds is 7. The zero-order valence-corrected chi connectivity index (χ0v) is 17.0. The van der Waals surface area contributed by atoms with Crippen molar-refractivity contribution in [2.24, 2.45) is 0 Å². The fourth-order valence-corrected chi connectivity index (χ4v) is 5.42. The van der Waals surface area contributed by atoms with Crippen LogP contribution in [-0.2, 0) is 9.59 Å². The molecule has 0 aliphatic carbocycles. The summed E-state index contributed by atoms with van der Waals surface area (Å²) in [4.78, 5) is 25.5. The molecule has 2 amide bonds. The number of hydrogen-bond acceptors (Lipinski definition) is 5. The minimum atomic E-state index is -0.378. The summed E-state index contributed by atoms with van der Waals surface area (Å²) in [6, 6.07) is 13.2. The fourth-order valence-electron chi connectivity index (χ4n) is 2.56. The highest BCUT2D eigenvalue weighted by Crippen LogP contribution is 2.45. The second-order valence-electron chi connectivity index (χ2n) is 6.24. The Morgan fingerprint density at radius 2 is 1.75 bits per heavy atom. The van der Waals surface area contributed by atoms with Crippen molar-refractivity contribution in [2.75, 3.05) is 37.0 Å². The first-order chi connectivity index (χ1) is 13.5. The van der Waals surface area contributed by atoms with Crippen molar-refractivity contribution in [3.63, 3.8) is 0 Å². The average Bonchev–Trinajstić information content (AvgIpc) is 3.23. The van der Waals surface area contributed by atoms with Gasteiger partial charge in [-0.25, -0.2) is 4.39 Å². The molecule has 0 bridgehead atoms. The van der Waals surface area contributed by atoms with E-state index in [0.717, 1.165) is 0 Å². The van der Waals surface area contributed by atoms with E-state index in [2.05, 4.69) is 5.32 Å². The monoisotopic (exact) mass is 420 g/mol. The van der Waals surface area contributed by atoms with Gasteiger partial charge in [-0.1, -0.05) is 12.1 Å². The molecular weight excluding hydrogens is 399 g/mol. The first kappa shape index (κ1) is 20.5. The van der Waals surface area contributed by atoms with Gasteiger partial charge in [0.25, 0.3) is 5.91 Å². The van der Waals surface area contributed by atoms with E-state index in [-0.39, 0.29) is 30.8 Å². The summed E-state index contributed by atoms with van der Waals surface area (Å²) in [5.74, 6) is 1.91. The number of nitrogens with one attached hydrogen (secondary N) is 1. The minimum absolute atomic E-state index is 0.116. The second kappa shape index (κ2) is 9.84. The Kier molecular flexibility index (Phi) is 7.22. The molecule has 1 saturated heterocycles. The predicted molar refractivity (Wildman–Crippen MR) is 112 cm³/mol. The number of amides is 2. The Hall–Kier alpha value is -2.19. The molecule has 148 valence electrons. The van der Waals surface area contributed by atoms with Crippen molar-refractivity contribution in [1.82, 2.24) is 4.90 Å². The van der Waals surface area contributed by atoms with Crippen LogP contribution in [0.1, 0.15) is 10.1 Å². The minimum Gasteiger partial charge on any atom is -0.484 e. The van der Waals surface area contributed by atoms with Crippen LogP contribution in [-0.4, -0.2) is 48.4 Å². The highest BCUT2D eigenvalue weighted by Gasteiger charge is 2.18. The smallest absolute Gasteiger partial charge is 0.260 e. The van der Waals surface area contributed by atoms with Gasteiger partial charge in [-0.3, -0.25) is 9.59 Å². The molecule has 0 unspecified atom stereocenters. The number of hydrogen-bond donors (Lipinski definition) is 1. The molecule has 0 aromatic heterocycles. The Morgan fingerprint density at radius 1 is 1.11 bits per heavy atom. The number of likely N-dealkylation sites (N-methyl/N-ethyl adjacent to an activating group) is 1. The van der Waals surface area contributed by atoms with Gasteiger partial charge in [0.2, 0.25) is 5.91 Å². The molecule has 1 heterocycles. The van der Waals surface area contributed by atoms with E-state index < -0.39 is 0 Å². The first-order valence-corrected chi connectivity index (χ1v) is 10.9. The molecule has 0 spiro atoms. The molecule has 1 aliphatic heterocycles. The largest absolute Gasteiger partial charge is 0.484 e. The van der Waals surface area contributed by atoms with Gasteiger partial charge in [0.15, 0.2) is 6.61 Å². The molecule has 1 fully saturated rings. The van der Waals surface area contributed by atoms with Crippen LogP contribution in [0.4, 0.5) is 10.1 Å². The number of ether oxygens (including phenoxy) is 1. The highest BCUT2D eigenvalue weighted by atomic mass is 32.2. The van der Waals surface area contributed by atoms with Gasteiger partial charge < -0.3 is 15.0 Å². The van der Waals surface area contributed by atoms with E-state index in [1.54, 1.807) is 0 Å². The van der Waals surface area contributed by atoms with Crippen molar-refractivity contribution in [3.05, 3.63) is 59.9 Å². The lowest BCUT2D eigenvalue weighted by molar-refractivity contribution is -0.135. The third-order valence-electron chi connectivity index (χ3n) is 4.07. The molecule has 5 nitrogen and oxygen atoms in total. The molecule has 0 saturated carbocycles. The zero-order valence-electron chi connectivity index (χ0n) is 15.4. The van der Waals surface area contributed by atoms with Crippen molar-refractivity contribution < 1.29 is 18.7 Å². The number of benzene rings is 2. The standard InChI is InChI=1S/C20H21FN2O3S2/c1-23(12-18(24)22-16-6-4-15(21)5-7-16)19(25)13-26-17-8-2-14(3-9-17)20-27-10-11-28-20/h2-9,20H,10-13H2,1H3,(H,22,24). The Bertz CT molecular complexity index is 809. The molecule has 8 heteroatoms. The SMILES string of the molecule is CN(CC(=O)Nc1ccc(F)cc1)C(=O)COc1ccc(C2SCCS2)cc1. The summed E-state index contributed by atoms with van der Waals surface area (Å²) in [6.45, 7) is -0.263. The van der Waals surface area contributed by atoms with Gasteiger partial charge >= 0.3 is 0 Å². The normalized spacial score (nSPS) is 13.9. The highest BCUT2D eigenvalue weighted by molar-refractivity contribution is 8.19. The maximum absolute atomic E-state index is 12.9. The van der Waals surface area contributed by atoms with Gasteiger partial charge in [-0.15, -0.1) is 23.5 Å². The molecule has 28 heavy (non-hydrogen) atoms. The lowest BCUT2D eigenvalue weighted by Crippen LogP contribution is -2.37. The second-order valence-corrected chi connectivity index (χ2v) is 8.96. The van der Waals surface area contributed by atoms with E-state index in [0.29, 0.717) is 16.0 Å². The lowest BCUT2D eigenvalue weighted by Gasteiger charge is -2.17. The molecule has 1 aliphatic rings. The van der Waals surface area contributed by atoms with Crippen molar-refractivity contribution in [2.45, 2.75) is 4.58 Å². The molecular formula is C20H21FN2O3S2. The third-order valence-corrected chi connectivity index (χ3v) is 7.18. The van der Waals surface area contributed by atoms with Crippen LogP contribution in [0.15, 0.2) is 48.5 Å². The first-order valence-electron chi connectivity index (χ1n) is 8.76. The zero-order chi connectivity index (χ0) is 19.9. The topological polar surface area (TPSA) is 58.6 Å². The van der Waals surface area contributed by atoms with Gasteiger partial charge in [0.1, 0.15) is 11.6 Å².